The summed E-state index contributed by atoms with van der Waals surface area (Å²) < 4.78 is 14.8. The second-order valence-electron chi connectivity index (χ2n) is 1.92. The van der Waals surface area contributed by atoms with Gasteiger partial charge in [-0.15, -0.1) is 0 Å². The molecule has 0 saturated carbocycles. The quantitative estimate of drug-likeness (QED) is 0.614. The summed E-state index contributed by atoms with van der Waals surface area (Å²) in [6, 6.07) is 5.71. The Morgan fingerprint density at radius 3 is 2.64 bits per heavy atom. The minimum absolute atomic E-state index is 0.00231. The highest BCUT2D eigenvalue weighted by molar-refractivity contribution is 7.78. The summed E-state index contributed by atoms with van der Waals surface area (Å²) >= 11 is 3.51. The Balaban J connectivity index is 3.03. The van der Waals surface area contributed by atoms with Gasteiger partial charge >= 0.3 is 0 Å². The third-order valence-corrected chi connectivity index (χ3v) is 1.42. The Morgan fingerprint density at radius 1 is 1.45 bits per heavy atom. The molecule has 0 radical (unpaired) electrons. The molecule has 1 aromatic rings. The molecule has 1 amide bonds. The van der Waals surface area contributed by atoms with Crippen LogP contribution < -0.4 is 4.72 Å². The second-order valence-corrected chi connectivity index (χ2v) is 2.14. The van der Waals surface area contributed by atoms with E-state index in [1.54, 1.807) is 6.07 Å². The largest absolute Gasteiger partial charge is 0.299 e. The highest BCUT2D eigenvalue weighted by Crippen LogP contribution is 2.05. The SMILES string of the molecule is O=C(NS)c1ccccc1F. The van der Waals surface area contributed by atoms with Crippen molar-refractivity contribution in [3.8, 4) is 0 Å². The minimum Gasteiger partial charge on any atom is -0.299 e. The first-order valence-corrected chi connectivity index (χ1v) is 3.39. The topological polar surface area (TPSA) is 29.1 Å². The molecule has 0 fully saturated rings. The molecular weight excluding hydrogens is 165 g/mol. The lowest BCUT2D eigenvalue weighted by Gasteiger charge is -1.98. The van der Waals surface area contributed by atoms with E-state index in [1.165, 1.54) is 18.2 Å². The zero-order chi connectivity index (χ0) is 8.27. The van der Waals surface area contributed by atoms with E-state index in [1.807, 2.05) is 4.72 Å². The zero-order valence-corrected chi connectivity index (χ0v) is 6.44. The average molecular weight is 171 g/mol. The van der Waals surface area contributed by atoms with Crippen molar-refractivity contribution in [1.29, 1.82) is 0 Å². The van der Waals surface area contributed by atoms with Crippen LogP contribution in [0.2, 0.25) is 0 Å². The highest BCUT2D eigenvalue weighted by Gasteiger charge is 2.07. The van der Waals surface area contributed by atoms with E-state index >= 15 is 0 Å². The number of nitrogens with one attached hydrogen (secondary N) is 1. The minimum atomic E-state index is -0.543. The molecule has 0 aliphatic carbocycles. The van der Waals surface area contributed by atoms with E-state index in [0.717, 1.165) is 0 Å². The molecule has 0 aliphatic rings. The second kappa shape index (κ2) is 3.39. The van der Waals surface area contributed by atoms with Crippen LogP contribution >= 0.6 is 12.8 Å². The number of carbonyl (C=O) groups excluding carboxylic acids is 1. The van der Waals surface area contributed by atoms with Gasteiger partial charge < -0.3 is 0 Å². The fraction of sp³-hybridized carbons (Fsp3) is 0. The number of benzene rings is 1. The number of thiol groups is 1. The predicted octanol–water partition coefficient (Wildman–Crippen LogP) is 1.40. The van der Waals surface area contributed by atoms with Gasteiger partial charge in [0.15, 0.2) is 0 Å². The van der Waals surface area contributed by atoms with Crippen molar-refractivity contribution >= 4 is 18.7 Å². The van der Waals surface area contributed by atoms with Crippen molar-refractivity contribution in [2.45, 2.75) is 0 Å². The molecule has 4 heteroatoms. The average Bonchev–Trinajstić information content (AvgIpc) is 2.04. The van der Waals surface area contributed by atoms with Crippen LogP contribution in [0, 0.1) is 5.82 Å². The summed E-state index contributed by atoms with van der Waals surface area (Å²) in [7, 11) is 0. The molecular formula is C7H6FNOS. The third-order valence-electron chi connectivity index (χ3n) is 1.22. The van der Waals surface area contributed by atoms with Gasteiger partial charge in [-0.05, 0) is 12.1 Å². The third kappa shape index (κ3) is 1.71. The van der Waals surface area contributed by atoms with Crippen molar-refractivity contribution in [2.24, 2.45) is 0 Å². The number of hydrogen-bond donors (Lipinski definition) is 2. The normalized spacial score (nSPS) is 9.27. The van der Waals surface area contributed by atoms with Crippen LogP contribution in [0.15, 0.2) is 24.3 Å². The van der Waals surface area contributed by atoms with Gasteiger partial charge in [-0.1, -0.05) is 24.9 Å². The summed E-state index contributed by atoms with van der Waals surface area (Å²) in [4.78, 5) is 10.8. The predicted molar refractivity (Wildman–Crippen MR) is 42.9 cm³/mol. The van der Waals surface area contributed by atoms with Crippen molar-refractivity contribution in [1.82, 2.24) is 4.72 Å². The Bertz CT molecular complexity index is 277. The van der Waals surface area contributed by atoms with Crippen molar-refractivity contribution in [3.63, 3.8) is 0 Å². The molecule has 0 aromatic heterocycles. The molecule has 1 N–H and O–H groups in total. The first kappa shape index (κ1) is 8.07. The van der Waals surface area contributed by atoms with Crippen LogP contribution in [0.1, 0.15) is 10.4 Å². The lowest BCUT2D eigenvalue weighted by atomic mass is 10.2. The molecule has 1 rings (SSSR count). The lowest BCUT2D eigenvalue weighted by molar-refractivity contribution is 0.0981. The van der Waals surface area contributed by atoms with Crippen molar-refractivity contribution in [2.75, 3.05) is 0 Å². The highest BCUT2D eigenvalue weighted by atomic mass is 32.1. The monoisotopic (exact) mass is 171 g/mol. The molecule has 0 unspecified atom stereocenters. The number of rotatable bonds is 1. The maximum absolute atomic E-state index is 12.7. The van der Waals surface area contributed by atoms with Crippen LogP contribution in [-0.4, -0.2) is 5.91 Å². The lowest BCUT2D eigenvalue weighted by Crippen LogP contribution is -2.13. The summed E-state index contributed by atoms with van der Waals surface area (Å²) in [6.07, 6.45) is 0. The van der Waals surface area contributed by atoms with Crippen LogP contribution in [-0.2, 0) is 0 Å². The van der Waals surface area contributed by atoms with Crippen LogP contribution in [0.25, 0.3) is 0 Å². The Labute approximate surface area is 69.0 Å². The summed E-state index contributed by atoms with van der Waals surface area (Å²) in [6.45, 7) is 0. The maximum Gasteiger partial charge on any atom is 0.263 e. The standard InChI is InChI=1S/C7H6FNOS/c8-6-4-2-1-3-5(6)7(10)9-11/h1-4,11H,(H,9,10). The number of amides is 1. The van der Waals surface area contributed by atoms with Gasteiger partial charge in [0.1, 0.15) is 5.82 Å². The van der Waals surface area contributed by atoms with E-state index in [2.05, 4.69) is 12.8 Å². The zero-order valence-electron chi connectivity index (χ0n) is 5.54. The molecule has 0 heterocycles. The molecule has 0 bridgehead atoms. The fourth-order valence-corrected chi connectivity index (χ4v) is 0.826. The first-order chi connectivity index (χ1) is 5.25. The van der Waals surface area contributed by atoms with E-state index in [9.17, 15) is 9.18 Å². The van der Waals surface area contributed by atoms with Crippen LogP contribution in [0.4, 0.5) is 4.39 Å². The molecule has 11 heavy (non-hydrogen) atoms. The molecule has 58 valence electrons. The van der Waals surface area contributed by atoms with Gasteiger partial charge in [0.2, 0.25) is 0 Å². The smallest absolute Gasteiger partial charge is 0.263 e. The summed E-state index contributed by atoms with van der Waals surface area (Å²) in [5.41, 5.74) is 0.00231. The van der Waals surface area contributed by atoms with Gasteiger partial charge in [-0.25, -0.2) is 4.39 Å². The van der Waals surface area contributed by atoms with Gasteiger partial charge in [-0.3, -0.25) is 9.52 Å². The Hall–Kier alpha value is -1.03. The van der Waals surface area contributed by atoms with Gasteiger partial charge in [-0.2, -0.15) is 0 Å². The van der Waals surface area contributed by atoms with E-state index < -0.39 is 11.7 Å². The van der Waals surface area contributed by atoms with E-state index in [0.29, 0.717) is 0 Å². The Morgan fingerprint density at radius 2 is 2.09 bits per heavy atom. The van der Waals surface area contributed by atoms with Crippen LogP contribution in [0.5, 0.6) is 0 Å². The van der Waals surface area contributed by atoms with Gasteiger partial charge in [0.25, 0.3) is 5.91 Å². The molecule has 0 saturated heterocycles. The summed E-state index contributed by atoms with van der Waals surface area (Å²) in [5, 5.41) is 0. The molecule has 0 spiro atoms. The van der Waals surface area contributed by atoms with Crippen molar-refractivity contribution in [3.05, 3.63) is 35.6 Å². The molecule has 2 nitrogen and oxygen atoms in total. The number of carbonyl (C=O) groups is 1. The number of halogens is 1. The molecule has 0 atom stereocenters. The van der Waals surface area contributed by atoms with Crippen LogP contribution in [0.3, 0.4) is 0 Å². The number of hydrogen-bond acceptors (Lipinski definition) is 2. The summed E-state index contributed by atoms with van der Waals surface area (Å²) in [5.74, 6) is -1.08. The van der Waals surface area contributed by atoms with Gasteiger partial charge in [0.05, 0.1) is 5.56 Å². The fourth-order valence-electron chi connectivity index (χ4n) is 0.706. The van der Waals surface area contributed by atoms with E-state index in [4.69, 9.17) is 0 Å². The first-order valence-electron chi connectivity index (χ1n) is 2.94. The maximum atomic E-state index is 12.7. The van der Waals surface area contributed by atoms with Crippen molar-refractivity contribution < 1.29 is 9.18 Å². The molecule has 0 aliphatic heterocycles. The van der Waals surface area contributed by atoms with Gasteiger partial charge in [0, 0.05) is 0 Å². The molecule has 1 aromatic carbocycles. The Kier molecular flexibility index (Phi) is 2.48. The van der Waals surface area contributed by atoms with E-state index in [-0.39, 0.29) is 5.56 Å².